The van der Waals surface area contributed by atoms with Gasteiger partial charge < -0.3 is 30.7 Å². The summed E-state index contributed by atoms with van der Waals surface area (Å²) in [4.78, 5) is 24.5. The number of carbonyl (C=O) groups excluding carboxylic acids is 2. The third-order valence-electron chi connectivity index (χ3n) is 4.16. The Balaban J connectivity index is 2.78. The number of rotatable bonds is 9. The maximum Gasteiger partial charge on any atom is 0.252 e. The Morgan fingerprint density at radius 3 is 2.58 bits per heavy atom. The predicted octanol–water partition coefficient (Wildman–Crippen LogP) is -0.529. The lowest BCUT2D eigenvalue weighted by Crippen LogP contribution is -2.55. The molecule has 1 aliphatic heterocycles. The van der Waals surface area contributed by atoms with E-state index in [0.717, 1.165) is 12.8 Å². The van der Waals surface area contributed by atoms with Crippen LogP contribution in [-0.4, -0.2) is 70.7 Å². The Kier molecular flexibility index (Phi) is 9.79. The van der Waals surface area contributed by atoms with Gasteiger partial charge in [0.2, 0.25) is 5.91 Å². The van der Waals surface area contributed by atoms with E-state index in [4.69, 9.17) is 4.74 Å². The second kappa shape index (κ2) is 11.3. The van der Waals surface area contributed by atoms with Crippen LogP contribution in [0.15, 0.2) is 12.2 Å². The number of hydrogen-bond donors (Lipinski definition) is 5. The highest BCUT2D eigenvalue weighted by molar-refractivity contribution is 5.89. The number of ether oxygens (including phenoxy) is 1. The molecule has 5 unspecified atom stereocenters. The monoisotopic (exact) mass is 372 g/mol. The lowest BCUT2D eigenvalue weighted by molar-refractivity contribution is -0.154. The van der Waals surface area contributed by atoms with E-state index >= 15 is 0 Å². The molecule has 1 rings (SSSR count). The zero-order valence-electron chi connectivity index (χ0n) is 15.7. The van der Waals surface area contributed by atoms with Crippen LogP contribution in [0.4, 0.5) is 0 Å². The van der Waals surface area contributed by atoms with E-state index in [9.17, 15) is 24.9 Å². The second-order valence-corrected chi connectivity index (χ2v) is 6.82. The van der Waals surface area contributed by atoms with Gasteiger partial charge in [0.15, 0.2) is 6.10 Å². The molecule has 2 amide bonds. The van der Waals surface area contributed by atoms with Gasteiger partial charge in [0.25, 0.3) is 5.91 Å². The lowest BCUT2D eigenvalue weighted by Gasteiger charge is -2.28. The standard InChI is InChI=1S/C18H32N2O6/c1-4-26-16(15(23)14(22)13(21)9-8-11(2)3)18(25)20-12-7-5-6-10-19-17(12)24/h8-9,11-16,21-23H,4-7,10H2,1-3H3,(H,19,24)(H,20,25)/b9-8+. The molecular formula is C18H32N2O6. The van der Waals surface area contributed by atoms with Crippen LogP contribution >= 0.6 is 0 Å². The smallest absolute Gasteiger partial charge is 0.252 e. The number of aliphatic hydroxyl groups excluding tert-OH is 3. The van der Waals surface area contributed by atoms with Crippen molar-refractivity contribution in [3.8, 4) is 0 Å². The van der Waals surface area contributed by atoms with Gasteiger partial charge >= 0.3 is 0 Å². The van der Waals surface area contributed by atoms with Gasteiger partial charge in [-0.2, -0.15) is 0 Å². The van der Waals surface area contributed by atoms with E-state index in [1.54, 1.807) is 13.0 Å². The molecule has 5 atom stereocenters. The molecule has 0 aromatic heterocycles. The van der Waals surface area contributed by atoms with Gasteiger partial charge in [0, 0.05) is 13.2 Å². The van der Waals surface area contributed by atoms with Crippen LogP contribution in [0.25, 0.3) is 0 Å². The molecule has 0 radical (unpaired) electrons. The Morgan fingerprint density at radius 1 is 1.27 bits per heavy atom. The van der Waals surface area contributed by atoms with E-state index in [1.807, 2.05) is 13.8 Å². The van der Waals surface area contributed by atoms with Crippen molar-refractivity contribution in [2.75, 3.05) is 13.2 Å². The summed E-state index contributed by atoms with van der Waals surface area (Å²) in [6.07, 6.45) is -0.808. The summed E-state index contributed by atoms with van der Waals surface area (Å²) in [6.45, 7) is 6.14. The SMILES string of the molecule is CCOC(C(=O)NC1CCCCNC1=O)C(O)C(O)C(O)/C=C/C(C)C. The van der Waals surface area contributed by atoms with Crippen LogP contribution in [0, 0.1) is 5.92 Å². The Hall–Kier alpha value is -1.48. The van der Waals surface area contributed by atoms with Crippen molar-refractivity contribution in [1.82, 2.24) is 10.6 Å². The first-order valence-corrected chi connectivity index (χ1v) is 9.20. The average molecular weight is 372 g/mol. The van der Waals surface area contributed by atoms with Crippen LogP contribution in [-0.2, 0) is 14.3 Å². The first-order valence-electron chi connectivity index (χ1n) is 9.20. The molecule has 0 spiro atoms. The molecule has 0 aromatic carbocycles. The van der Waals surface area contributed by atoms with E-state index < -0.39 is 36.4 Å². The van der Waals surface area contributed by atoms with Gasteiger partial charge in [-0.25, -0.2) is 0 Å². The molecule has 26 heavy (non-hydrogen) atoms. The van der Waals surface area contributed by atoms with Gasteiger partial charge in [-0.1, -0.05) is 26.0 Å². The summed E-state index contributed by atoms with van der Waals surface area (Å²) in [5.41, 5.74) is 0. The van der Waals surface area contributed by atoms with Crippen LogP contribution in [0.5, 0.6) is 0 Å². The van der Waals surface area contributed by atoms with Gasteiger partial charge in [-0.05, 0) is 32.1 Å². The Morgan fingerprint density at radius 2 is 1.96 bits per heavy atom. The summed E-state index contributed by atoms with van der Waals surface area (Å²) in [5, 5.41) is 35.8. The van der Waals surface area contributed by atoms with Crippen LogP contribution < -0.4 is 10.6 Å². The minimum absolute atomic E-state index is 0.122. The number of hydrogen-bond acceptors (Lipinski definition) is 6. The highest BCUT2D eigenvalue weighted by Gasteiger charge is 2.37. The third-order valence-corrected chi connectivity index (χ3v) is 4.16. The molecule has 1 fully saturated rings. The molecule has 1 heterocycles. The number of allylic oxidation sites excluding steroid dienone is 1. The molecule has 0 saturated carbocycles. The molecule has 0 bridgehead atoms. The summed E-state index contributed by atoms with van der Waals surface area (Å²) >= 11 is 0. The maximum atomic E-state index is 12.5. The largest absolute Gasteiger partial charge is 0.387 e. The van der Waals surface area contributed by atoms with Gasteiger partial charge in [0.05, 0.1) is 0 Å². The molecule has 0 aliphatic carbocycles. The summed E-state index contributed by atoms with van der Waals surface area (Å²) in [7, 11) is 0. The highest BCUT2D eigenvalue weighted by Crippen LogP contribution is 2.12. The molecular weight excluding hydrogens is 340 g/mol. The molecule has 8 nitrogen and oxygen atoms in total. The zero-order chi connectivity index (χ0) is 19.7. The quantitative estimate of drug-likeness (QED) is 0.346. The minimum Gasteiger partial charge on any atom is -0.387 e. The Labute approximate surface area is 154 Å². The number of carbonyl (C=O) groups is 2. The minimum atomic E-state index is -1.64. The summed E-state index contributed by atoms with van der Waals surface area (Å²) < 4.78 is 5.28. The van der Waals surface area contributed by atoms with Crippen molar-refractivity contribution < 1.29 is 29.6 Å². The van der Waals surface area contributed by atoms with E-state index in [1.165, 1.54) is 6.08 Å². The van der Waals surface area contributed by atoms with Gasteiger partial charge in [-0.3, -0.25) is 9.59 Å². The first kappa shape index (κ1) is 22.6. The molecule has 5 N–H and O–H groups in total. The van der Waals surface area contributed by atoms with Gasteiger partial charge in [-0.15, -0.1) is 0 Å². The third kappa shape index (κ3) is 7.03. The predicted molar refractivity (Wildman–Crippen MR) is 96.2 cm³/mol. The van der Waals surface area contributed by atoms with Crippen LogP contribution in [0.2, 0.25) is 0 Å². The molecule has 0 aromatic rings. The maximum absolute atomic E-state index is 12.5. The number of aliphatic hydroxyl groups is 3. The van der Waals surface area contributed by atoms with Crippen LogP contribution in [0.3, 0.4) is 0 Å². The molecule has 8 heteroatoms. The number of amides is 2. The molecule has 1 saturated heterocycles. The van der Waals surface area contributed by atoms with Gasteiger partial charge in [0.1, 0.15) is 24.4 Å². The summed E-state index contributed by atoms with van der Waals surface area (Å²) in [5.74, 6) is -0.810. The van der Waals surface area contributed by atoms with E-state index in [2.05, 4.69) is 10.6 Å². The van der Waals surface area contributed by atoms with Crippen molar-refractivity contribution in [2.24, 2.45) is 5.92 Å². The fourth-order valence-corrected chi connectivity index (χ4v) is 2.67. The fourth-order valence-electron chi connectivity index (χ4n) is 2.67. The normalized spacial score (nSPS) is 23.2. The second-order valence-electron chi connectivity index (χ2n) is 6.82. The fraction of sp³-hybridized carbons (Fsp3) is 0.778. The Bertz CT molecular complexity index is 482. The van der Waals surface area contributed by atoms with Crippen molar-refractivity contribution in [3.05, 3.63) is 12.2 Å². The van der Waals surface area contributed by atoms with Crippen molar-refractivity contribution >= 4 is 11.8 Å². The average Bonchev–Trinajstić information content (AvgIpc) is 2.80. The molecule has 1 aliphatic rings. The summed E-state index contributed by atoms with van der Waals surface area (Å²) in [6, 6.07) is -0.706. The topological polar surface area (TPSA) is 128 Å². The zero-order valence-corrected chi connectivity index (χ0v) is 15.7. The van der Waals surface area contributed by atoms with E-state index in [-0.39, 0.29) is 18.4 Å². The molecule has 150 valence electrons. The first-order chi connectivity index (χ1) is 12.3. The number of nitrogens with one attached hydrogen (secondary N) is 2. The van der Waals surface area contributed by atoms with Crippen molar-refractivity contribution in [3.63, 3.8) is 0 Å². The highest BCUT2D eigenvalue weighted by atomic mass is 16.5. The van der Waals surface area contributed by atoms with Crippen molar-refractivity contribution in [1.29, 1.82) is 0 Å². The van der Waals surface area contributed by atoms with Crippen molar-refractivity contribution in [2.45, 2.75) is 70.5 Å². The lowest BCUT2D eigenvalue weighted by atomic mass is 10.00. The van der Waals surface area contributed by atoms with Crippen LogP contribution in [0.1, 0.15) is 40.0 Å². The van der Waals surface area contributed by atoms with E-state index in [0.29, 0.717) is 13.0 Å².